The number of hydrogen-bond donors (Lipinski definition) is 0. The third kappa shape index (κ3) is 6.81. The van der Waals surface area contributed by atoms with Gasteiger partial charge >= 0.3 is 0 Å². The second-order valence-corrected chi connectivity index (χ2v) is 21.7. The molecule has 0 atom stereocenters. The van der Waals surface area contributed by atoms with E-state index in [0.717, 1.165) is 94.5 Å². The second kappa shape index (κ2) is 17.0. The molecule has 76 heavy (non-hydrogen) atoms. The Hall–Kier alpha value is -9.46. The smallest absolute Gasteiger partial charge is 0.159 e. The van der Waals surface area contributed by atoms with Crippen LogP contribution in [0.3, 0.4) is 0 Å². The van der Waals surface area contributed by atoms with Gasteiger partial charge in [-0.25, -0.2) is 0 Å². The van der Waals surface area contributed by atoms with E-state index in [1.165, 1.54) is 56.9 Å². The fourth-order valence-corrected chi connectivity index (χ4v) is 14.0. The summed E-state index contributed by atoms with van der Waals surface area (Å²) in [5.41, 5.74) is 14.1. The second-order valence-electron chi connectivity index (χ2n) is 19.6. The van der Waals surface area contributed by atoms with Crippen LogP contribution in [0.25, 0.3) is 117 Å². The molecule has 0 saturated carbocycles. The molecule has 0 amide bonds. The SMILES string of the molecule is c1ccc(-c2ccc(N(c3cccc(N(c4ccc5c(c4)sc4ccccc45)c4ccc5oc6cc(-c7ccc8sc9ccccc9c8c7)c7ccccc7c6c5c4)c3)c3cccc4c3oc3ccccc34)cc2)cc1. The molecule has 4 nitrogen and oxygen atoms in total. The molecule has 16 aromatic rings. The van der Waals surface area contributed by atoms with Gasteiger partial charge in [0.05, 0.1) is 5.69 Å². The molecule has 0 spiro atoms. The van der Waals surface area contributed by atoms with Gasteiger partial charge in [0.1, 0.15) is 16.7 Å². The minimum Gasteiger partial charge on any atom is -0.456 e. The lowest BCUT2D eigenvalue weighted by Crippen LogP contribution is -2.13. The Morgan fingerprint density at radius 2 is 0.829 bits per heavy atom. The van der Waals surface area contributed by atoms with Gasteiger partial charge in [-0.05, 0) is 136 Å². The number of fused-ring (bicyclic) bond motifs is 14. The Bertz CT molecular complexity index is 4970. The van der Waals surface area contributed by atoms with Crippen LogP contribution in [0.5, 0.6) is 0 Å². The number of benzene rings is 12. The molecule has 0 saturated heterocycles. The largest absolute Gasteiger partial charge is 0.456 e. The van der Waals surface area contributed by atoms with Crippen molar-refractivity contribution in [1.82, 2.24) is 0 Å². The molecule has 0 bridgehead atoms. The zero-order chi connectivity index (χ0) is 49.8. The van der Waals surface area contributed by atoms with E-state index in [9.17, 15) is 0 Å². The van der Waals surface area contributed by atoms with Crippen molar-refractivity contribution >= 4 is 152 Å². The molecule has 0 N–H and O–H groups in total. The average Bonchev–Trinajstić information content (AvgIpc) is 4.27. The highest BCUT2D eigenvalue weighted by atomic mass is 32.1. The molecule has 16 rings (SSSR count). The normalized spacial score (nSPS) is 11.9. The summed E-state index contributed by atoms with van der Waals surface area (Å²) >= 11 is 3.69. The van der Waals surface area contributed by atoms with Crippen LogP contribution in [0.4, 0.5) is 34.1 Å². The number of anilines is 6. The van der Waals surface area contributed by atoms with Crippen molar-refractivity contribution in [3.05, 3.63) is 255 Å². The molecular formula is C70H42N2O2S2. The first-order chi connectivity index (χ1) is 37.6. The first kappa shape index (κ1) is 43.0. The van der Waals surface area contributed by atoms with Crippen LogP contribution in [0.15, 0.2) is 264 Å². The minimum absolute atomic E-state index is 0.835. The van der Waals surface area contributed by atoms with Crippen molar-refractivity contribution in [3.63, 3.8) is 0 Å². The Balaban J connectivity index is 0.893. The maximum absolute atomic E-state index is 6.91. The molecule has 0 unspecified atom stereocenters. The third-order valence-electron chi connectivity index (χ3n) is 15.2. The Morgan fingerprint density at radius 3 is 1.66 bits per heavy atom. The Labute approximate surface area is 444 Å². The maximum Gasteiger partial charge on any atom is 0.159 e. The monoisotopic (exact) mass is 1010 g/mol. The van der Waals surface area contributed by atoms with E-state index in [0.29, 0.717) is 0 Å². The molecular weight excluding hydrogens is 965 g/mol. The standard InChI is InChI=1S/C70H42N2O2S2/c1-2-14-43(15-3-1)44-28-31-46(32-29-44)72(61-24-13-23-57-52-19-6-9-25-62(52)74-70(57)61)48-17-12-16-47(39-48)71(50-33-35-55-53-20-7-10-26-65(53)76-68(55)41-50)49-34-36-63-60(40-49)69-56-22-5-4-18-51(56)58(42-64(69)73-63)45-30-37-67-59(38-45)54-21-8-11-27-66(54)75-67/h1-42H. The summed E-state index contributed by atoms with van der Waals surface area (Å²) in [6, 6.07) is 92.2. The molecule has 4 heterocycles. The van der Waals surface area contributed by atoms with E-state index >= 15 is 0 Å². The van der Waals surface area contributed by atoms with Gasteiger partial charge in [0, 0.05) is 90.3 Å². The number of rotatable bonds is 8. The fraction of sp³-hybridized carbons (Fsp3) is 0. The zero-order valence-electron chi connectivity index (χ0n) is 40.8. The highest BCUT2D eigenvalue weighted by Gasteiger charge is 2.24. The predicted octanol–water partition coefficient (Wildman–Crippen LogP) is 21.6. The minimum atomic E-state index is 0.835. The molecule has 0 aliphatic rings. The van der Waals surface area contributed by atoms with Crippen LogP contribution in [0.1, 0.15) is 0 Å². The van der Waals surface area contributed by atoms with Crippen molar-refractivity contribution < 1.29 is 8.83 Å². The number of thiophene rings is 2. The van der Waals surface area contributed by atoms with E-state index < -0.39 is 0 Å². The van der Waals surface area contributed by atoms with E-state index in [1.54, 1.807) is 0 Å². The first-order valence-electron chi connectivity index (χ1n) is 25.6. The van der Waals surface area contributed by atoms with Crippen molar-refractivity contribution in [2.45, 2.75) is 0 Å². The van der Waals surface area contributed by atoms with Gasteiger partial charge in [-0.2, -0.15) is 0 Å². The van der Waals surface area contributed by atoms with Crippen molar-refractivity contribution in [2.75, 3.05) is 9.80 Å². The zero-order valence-corrected chi connectivity index (χ0v) is 42.4. The predicted molar refractivity (Wildman–Crippen MR) is 325 cm³/mol. The summed E-state index contributed by atoms with van der Waals surface area (Å²) in [6.45, 7) is 0. The molecule has 356 valence electrons. The van der Waals surface area contributed by atoms with E-state index in [2.05, 4.69) is 259 Å². The van der Waals surface area contributed by atoms with Crippen LogP contribution >= 0.6 is 22.7 Å². The van der Waals surface area contributed by atoms with Crippen molar-refractivity contribution in [2.24, 2.45) is 0 Å². The van der Waals surface area contributed by atoms with Gasteiger partial charge in [0.25, 0.3) is 0 Å². The summed E-state index contributed by atoms with van der Waals surface area (Å²) in [5.74, 6) is 0. The highest BCUT2D eigenvalue weighted by molar-refractivity contribution is 7.26. The molecule has 0 radical (unpaired) electrons. The number of nitrogens with zero attached hydrogens (tertiary/aromatic N) is 2. The molecule has 0 aliphatic heterocycles. The van der Waals surface area contributed by atoms with Crippen molar-refractivity contribution in [3.8, 4) is 22.3 Å². The summed E-state index contributed by atoms with van der Waals surface area (Å²) < 4.78 is 18.8. The van der Waals surface area contributed by atoms with E-state index in [-0.39, 0.29) is 0 Å². The van der Waals surface area contributed by atoms with Gasteiger partial charge in [-0.15, -0.1) is 22.7 Å². The molecule has 0 aliphatic carbocycles. The van der Waals surface area contributed by atoms with Gasteiger partial charge in [-0.1, -0.05) is 152 Å². The summed E-state index contributed by atoms with van der Waals surface area (Å²) in [5, 5.41) is 11.8. The summed E-state index contributed by atoms with van der Waals surface area (Å²) in [4.78, 5) is 4.74. The van der Waals surface area contributed by atoms with Crippen LogP contribution in [0.2, 0.25) is 0 Å². The lowest BCUT2D eigenvalue weighted by Gasteiger charge is -2.29. The third-order valence-corrected chi connectivity index (χ3v) is 17.5. The van der Waals surface area contributed by atoms with Crippen LogP contribution in [-0.4, -0.2) is 0 Å². The molecule has 4 aromatic heterocycles. The van der Waals surface area contributed by atoms with E-state index in [4.69, 9.17) is 8.83 Å². The average molecular weight is 1010 g/mol. The quantitative estimate of drug-likeness (QED) is 0.152. The highest BCUT2D eigenvalue weighted by Crippen LogP contribution is 2.48. The lowest BCUT2D eigenvalue weighted by atomic mass is 9.94. The molecule has 6 heteroatoms. The van der Waals surface area contributed by atoms with Gasteiger partial charge in [0.2, 0.25) is 0 Å². The lowest BCUT2D eigenvalue weighted by molar-refractivity contribution is 0.669. The molecule has 0 fully saturated rings. The Kier molecular flexibility index (Phi) is 9.64. The van der Waals surface area contributed by atoms with Gasteiger partial charge < -0.3 is 18.6 Å². The van der Waals surface area contributed by atoms with E-state index in [1.807, 2.05) is 28.7 Å². The van der Waals surface area contributed by atoms with Gasteiger partial charge in [0.15, 0.2) is 5.58 Å². The topological polar surface area (TPSA) is 32.8 Å². The summed E-state index contributed by atoms with van der Waals surface area (Å²) in [6.07, 6.45) is 0. The van der Waals surface area contributed by atoms with Crippen LogP contribution < -0.4 is 9.80 Å². The van der Waals surface area contributed by atoms with Crippen LogP contribution in [-0.2, 0) is 0 Å². The Morgan fingerprint density at radius 1 is 0.263 bits per heavy atom. The number of para-hydroxylation sites is 2. The fourth-order valence-electron chi connectivity index (χ4n) is 11.7. The van der Waals surface area contributed by atoms with Gasteiger partial charge in [-0.3, -0.25) is 0 Å². The summed E-state index contributed by atoms with van der Waals surface area (Å²) in [7, 11) is 0. The van der Waals surface area contributed by atoms with Crippen molar-refractivity contribution in [1.29, 1.82) is 0 Å². The first-order valence-corrected chi connectivity index (χ1v) is 27.3. The molecule has 12 aromatic carbocycles. The maximum atomic E-state index is 6.91. The van der Waals surface area contributed by atoms with Crippen LogP contribution in [0, 0.1) is 0 Å². The number of furan rings is 2. The number of hydrogen-bond acceptors (Lipinski definition) is 6.